The molecule has 2 aromatic carbocycles. The fourth-order valence-corrected chi connectivity index (χ4v) is 3.04. The van der Waals surface area contributed by atoms with Crippen LogP contribution in [0.15, 0.2) is 58.5 Å². The van der Waals surface area contributed by atoms with Gasteiger partial charge in [-0.25, -0.2) is 4.98 Å². The highest BCUT2D eigenvalue weighted by atomic mass is 35.5. The maximum absolute atomic E-state index is 12.8. The summed E-state index contributed by atoms with van der Waals surface area (Å²) in [6.45, 7) is 0. The number of nitrogens with zero attached hydrogens (tertiary/aromatic N) is 2. The van der Waals surface area contributed by atoms with Gasteiger partial charge in [-0.1, -0.05) is 35.5 Å². The number of rotatable bonds is 4. The highest BCUT2D eigenvalue weighted by Crippen LogP contribution is 2.22. The van der Waals surface area contributed by atoms with E-state index in [0.29, 0.717) is 26.8 Å². The van der Waals surface area contributed by atoms with Crippen molar-refractivity contribution in [3.05, 3.63) is 63.9 Å². The number of fused-ring (bicyclic) bond motifs is 1. The van der Waals surface area contributed by atoms with Crippen LogP contribution in [0.3, 0.4) is 0 Å². The number of hydrogen-bond acceptors (Lipinski definition) is 4. The van der Waals surface area contributed by atoms with Gasteiger partial charge in [-0.15, -0.1) is 0 Å². The van der Waals surface area contributed by atoms with Crippen LogP contribution >= 0.6 is 23.4 Å². The van der Waals surface area contributed by atoms with Crippen molar-refractivity contribution < 1.29 is 4.79 Å². The molecule has 116 valence electrons. The lowest BCUT2D eigenvalue weighted by molar-refractivity contribution is -0.115. The van der Waals surface area contributed by atoms with E-state index in [1.54, 1.807) is 42.5 Å². The molecule has 0 spiro atoms. The highest BCUT2D eigenvalue weighted by Gasteiger charge is 2.13. The van der Waals surface area contributed by atoms with E-state index in [1.807, 2.05) is 6.07 Å². The summed E-state index contributed by atoms with van der Waals surface area (Å²) in [5.74, 6) is -0.432. The molecule has 3 aromatic rings. The summed E-state index contributed by atoms with van der Waals surface area (Å²) in [5.41, 5.74) is 6.21. The summed E-state index contributed by atoms with van der Waals surface area (Å²) in [6, 6.07) is 13.9. The van der Waals surface area contributed by atoms with E-state index >= 15 is 0 Å². The Morgan fingerprint density at radius 1 is 1.17 bits per heavy atom. The van der Waals surface area contributed by atoms with Crippen LogP contribution in [0.5, 0.6) is 0 Å². The minimum absolute atomic E-state index is 0.0400. The van der Waals surface area contributed by atoms with Gasteiger partial charge in [-0.3, -0.25) is 14.2 Å². The number of primary amides is 1. The van der Waals surface area contributed by atoms with Crippen molar-refractivity contribution in [2.45, 2.75) is 5.16 Å². The maximum Gasteiger partial charge on any atom is 0.266 e. The molecule has 1 heterocycles. The first-order valence-electron chi connectivity index (χ1n) is 6.75. The van der Waals surface area contributed by atoms with Gasteiger partial charge in [0.1, 0.15) is 0 Å². The molecule has 0 bridgehead atoms. The van der Waals surface area contributed by atoms with E-state index in [-0.39, 0.29) is 11.3 Å². The molecule has 5 nitrogen and oxygen atoms in total. The number of thioether (sulfide) groups is 1. The number of amides is 1. The zero-order valence-corrected chi connectivity index (χ0v) is 13.5. The Balaban J connectivity index is 2.25. The second-order valence-electron chi connectivity index (χ2n) is 4.78. The minimum Gasteiger partial charge on any atom is -0.369 e. The molecule has 3 rings (SSSR count). The van der Waals surface area contributed by atoms with Crippen molar-refractivity contribution in [2.75, 3.05) is 5.75 Å². The topological polar surface area (TPSA) is 78.0 Å². The van der Waals surface area contributed by atoms with E-state index in [0.717, 1.165) is 11.8 Å². The molecule has 0 saturated heterocycles. The molecule has 0 aliphatic carbocycles. The largest absolute Gasteiger partial charge is 0.369 e. The van der Waals surface area contributed by atoms with Gasteiger partial charge >= 0.3 is 0 Å². The van der Waals surface area contributed by atoms with E-state index in [9.17, 15) is 9.59 Å². The van der Waals surface area contributed by atoms with Gasteiger partial charge in [0.25, 0.3) is 5.56 Å². The van der Waals surface area contributed by atoms with Crippen molar-refractivity contribution in [2.24, 2.45) is 5.73 Å². The Morgan fingerprint density at radius 3 is 2.57 bits per heavy atom. The number of hydrogen-bond donors (Lipinski definition) is 1. The molecule has 0 radical (unpaired) electrons. The zero-order valence-electron chi connectivity index (χ0n) is 11.9. The van der Waals surface area contributed by atoms with Crippen LogP contribution in [-0.2, 0) is 4.79 Å². The molecule has 0 saturated carbocycles. The van der Waals surface area contributed by atoms with Crippen molar-refractivity contribution in [3.8, 4) is 5.69 Å². The van der Waals surface area contributed by atoms with E-state index in [1.165, 1.54) is 4.57 Å². The highest BCUT2D eigenvalue weighted by molar-refractivity contribution is 7.99. The number of halogens is 1. The van der Waals surface area contributed by atoms with Crippen LogP contribution in [0, 0.1) is 0 Å². The number of nitrogens with two attached hydrogens (primary N) is 1. The molecule has 0 fully saturated rings. The van der Waals surface area contributed by atoms with E-state index in [2.05, 4.69) is 4.98 Å². The third-order valence-corrected chi connectivity index (χ3v) is 4.39. The van der Waals surface area contributed by atoms with E-state index in [4.69, 9.17) is 17.3 Å². The van der Waals surface area contributed by atoms with Gasteiger partial charge in [0, 0.05) is 5.02 Å². The first-order valence-corrected chi connectivity index (χ1v) is 8.11. The summed E-state index contributed by atoms with van der Waals surface area (Å²) in [5, 5.41) is 1.49. The summed E-state index contributed by atoms with van der Waals surface area (Å²) in [4.78, 5) is 28.4. The molecule has 1 aromatic heterocycles. The van der Waals surface area contributed by atoms with Crippen molar-refractivity contribution in [3.63, 3.8) is 0 Å². The van der Waals surface area contributed by atoms with Crippen LogP contribution in [0.4, 0.5) is 0 Å². The molecule has 1 amide bonds. The first kappa shape index (κ1) is 15.6. The lowest BCUT2D eigenvalue weighted by Crippen LogP contribution is -2.23. The number of benzene rings is 2. The summed E-state index contributed by atoms with van der Waals surface area (Å²) in [6.07, 6.45) is 0. The standard InChI is InChI=1S/C16H12ClN3O2S/c17-10-5-7-11(8-6-10)20-15(22)12-3-1-2-4-13(12)19-16(20)23-9-14(18)21/h1-8H,9H2,(H2,18,21). The van der Waals surface area contributed by atoms with Gasteiger partial charge < -0.3 is 5.73 Å². The van der Waals surface area contributed by atoms with Crippen molar-refractivity contribution in [1.82, 2.24) is 9.55 Å². The van der Waals surface area contributed by atoms with Crippen LogP contribution < -0.4 is 11.3 Å². The summed E-state index contributed by atoms with van der Waals surface area (Å²) < 4.78 is 1.46. The lowest BCUT2D eigenvalue weighted by Gasteiger charge is -2.12. The predicted octanol–water partition coefficient (Wildman–Crippen LogP) is 2.62. The molecule has 23 heavy (non-hydrogen) atoms. The SMILES string of the molecule is NC(=O)CSc1nc2ccccc2c(=O)n1-c1ccc(Cl)cc1. The first-order chi connectivity index (χ1) is 11.1. The van der Waals surface area contributed by atoms with Gasteiger partial charge in [0.05, 0.1) is 22.3 Å². The monoisotopic (exact) mass is 345 g/mol. The average Bonchev–Trinajstić information content (AvgIpc) is 2.54. The Bertz CT molecular complexity index is 938. The van der Waals surface area contributed by atoms with Crippen LogP contribution in [0.2, 0.25) is 5.02 Å². The molecule has 0 aliphatic rings. The maximum atomic E-state index is 12.8. The van der Waals surface area contributed by atoms with Crippen LogP contribution in [0.25, 0.3) is 16.6 Å². The van der Waals surface area contributed by atoms with Crippen molar-refractivity contribution >= 4 is 40.2 Å². The number of carbonyl (C=O) groups excluding carboxylic acids is 1. The van der Waals surface area contributed by atoms with Crippen LogP contribution in [-0.4, -0.2) is 21.2 Å². The molecular formula is C16H12ClN3O2S. The molecule has 0 atom stereocenters. The van der Waals surface area contributed by atoms with Crippen molar-refractivity contribution in [1.29, 1.82) is 0 Å². The van der Waals surface area contributed by atoms with Gasteiger partial charge in [0.2, 0.25) is 5.91 Å². The second kappa shape index (κ2) is 6.44. The Kier molecular flexibility index (Phi) is 4.36. The molecule has 2 N–H and O–H groups in total. The Hall–Kier alpha value is -2.31. The predicted molar refractivity (Wildman–Crippen MR) is 92.3 cm³/mol. The number of para-hydroxylation sites is 1. The van der Waals surface area contributed by atoms with E-state index < -0.39 is 5.91 Å². The lowest BCUT2D eigenvalue weighted by atomic mass is 10.2. The minimum atomic E-state index is -0.472. The molecule has 0 aliphatic heterocycles. The third-order valence-electron chi connectivity index (χ3n) is 3.17. The smallest absolute Gasteiger partial charge is 0.266 e. The van der Waals surface area contributed by atoms with Gasteiger partial charge in [-0.05, 0) is 36.4 Å². The number of aromatic nitrogens is 2. The fourth-order valence-electron chi connectivity index (χ4n) is 2.16. The van der Waals surface area contributed by atoms with Gasteiger partial charge in [-0.2, -0.15) is 0 Å². The Labute approximate surface area is 141 Å². The molecular weight excluding hydrogens is 334 g/mol. The summed E-state index contributed by atoms with van der Waals surface area (Å²) >= 11 is 7.03. The summed E-state index contributed by atoms with van der Waals surface area (Å²) in [7, 11) is 0. The zero-order chi connectivity index (χ0) is 16.4. The normalized spacial score (nSPS) is 10.8. The Morgan fingerprint density at radius 2 is 1.87 bits per heavy atom. The number of carbonyl (C=O) groups is 1. The quantitative estimate of drug-likeness (QED) is 0.582. The molecule has 7 heteroatoms. The fraction of sp³-hybridized carbons (Fsp3) is 0.0625. The average molecular weight is 346 g/mol. The second-order valence-corrected chi connectivity index (χ2v) is 6.16. The third kappa shape index (κ3) is 3.23. The van der Waals surface area contributed by atoms with Gasteiger partial charge in [0.15, 0.2) is 5.16 Å². The van der Waals surface area contributed by atoms with Crippen LogP contribution in [0.1, 0.15) is 0 Å². The molecule has 0 unspecified atom stereocenters.